The number of carbonyl (C=O) groups is 2. The maximum absolute atomic E-state index is 12.4. The molecule has 1 aliphatic rings. The van der Waals surface area contributed by atoms with Gasteiger partial charge < -0.3 is 30.3 Å². The molecule has 14 heteroatoms. The van der Waals surface area contributed by atoms with Gasteiger partial charge in [0.15, 0.2) is 11.6 Å². The molecule has 4 aromatic rings. The van der Waals surface area contributed by atoms with Gasteiger partial charge in [-0.3, -0.25) is 9.48 Å². The molecule has 4 aromatic heterocycles. The maximum Gasteiger partial charge on any atom is 0.404 e. The summed E-state index contributed by atoms with van der Waals surface area (Å²) in [5.74, 6) is 0.443. The Kier molecular flexibility index (Phi) is 6.23. The number of hydrogen-bond donors (Lipinski definition) is 4. The number of anilines is 2. The predicted octanol–water partition coefficient (Wildman–Crippen LogP) is 1.45. The molecule has 190 valence electrons. The highest BCUT2D eigenvalue weighted by atomic mass is 16.5. The maximum atomic E-state index is 12.4. The van der Waals surface area contributed by atoms with Crippen molar-refractivity contribution in [3.8, 4) is 22.8 Å². The third-order valence-electron chi connectivity index (χ3n) is 5.85. The standard InChI is InChI=1S/C23H23N9O5/c1-31-11-7-23(36,20(31)33)18-13-17(30-37-18)15-4-2-3-14(26-15)16-5-8-24-21(27-16)28-19-6-10-32(29-19)12-9-25-22(34)35/h2-6,8,10,13,25,36H,7,9,11-12H2,1H3,(H,34,35)(H,24,27,28,29). The summed E-state index contributed by atoms with van der Waals surface area (Å²) in [5.41, 5.74) is 0.220. The highest BCUT2D eigenvalue weighted by Crippen LogP contribution is 2.34. The molecule has 1 atom stereocenters. The molecular formula is C23H23N9O5. The highest BCUT2D eigenvalue weighted by Gasteiger charge is 2.48. The van der Waals surface area contributed by atoms with E-state index in [1.165, 1.54) is 11.0 Å². The van der Waals surface area contributed by atoms with E-state index >= 15 is 0 Å². The zero-order chi connectivity index (χ0) is 26.0. The molecule has 0 aliphatic carbocycles. The smallest absolute Gasteiger partial charge is 0.404 e. The minimum absolute atomic E-state index is 0.0794. The van der Waals surface area contributed by atoms with Crippen LogP contribution in [-0.4, -0.2) is 77.1 Å². The van der Waals surface area contributed by atoms with Gasteiger partial charge in [0.05, 0.1) is 23.6 Å². The molecule has 2 amide bonds. The Morgan fingerprint density at radius 2 is 1.95 bits per heavy atom. The Hall–Kier alpha value is -4.85. The summed E-state index contributed by atoms with van der Waals surface area (Å²) in [6, 6.07) is 10.3. The van der Waals surface area contributed by atoms with E-state index in [4.69, 9.17) is 9.63 Å². The fourth-order valence-corrected chi connectivity index (χ4v) is 3.90. The van der Waals surface area contributed by atoms with Crippen molar-refractivity contribution >= 4 is 23.8 Å². The lowest BCUT2D eigenvalue weighted by atomic mass is 9.98. The van der Waals surface area contributed by atoms with Crippen LogP contribution in [0.2, 0.25) is 0 Å². The number of pyridine rings is 1. The average molecular weight is 505 g/mol. The first kappa shape index (κ1) is 23.9. The predicted molar refractivity (Wildman–Crippen MR) is 128 cm³/mol. The molecule has 0 aromatic carbocycles. The van der Waals surface area contributed by atoms with Crippen LogP contribution >= 0.6 is 0 Å². The molecule has 0 saturated carbocycles. The first-order chi connectivity index (χ1) is 17.8. The number of likely N-dealkylation sites (tertiary alicyclic amines) is 1. The van der Waals surface area contributed by atoms with Crippen molar-refractivity contribution in [3.63, 3.8) is 0 Å². The van der Waals surface area contributed by atoms with Crippen LogP contribution in [0.15, 0.2) is 53.3 Å². The summed E-state index contributed by atoms with van der Waals surface area (Å²) in [6.45, 7) is 1.02. The van der Waals surface area contributed by atoms with Gasteiger partial charge in [-0.05, 0) is 18.2 Å². The molecule has 1 fully saturated rings. The summed E-state index contributed by atoms with van der Waals surface area (Å²) in [7, 11) is 1.62. The van der Waals surface area contributed by atoms with Crippen molar-refractivity contribution < 1.29 is 24.3 Å². The number of aromatic nitrogens is 6. The van der Waals surface area contributed by atoms with Crippen LogP contribution in [0.3, 0.4) is 0 Å². The number of likely N-dealkylation sites (N-methyl/N-ethyl adjacent to an activating group) is 1. The van der Waals surface area contributed by atoms with Crippen LogP contribution < -0.4 is 10.6 Å². The Labute approximate surface area is 210 Å². The highest BCUT2D eigenvalue weighted by molar-refractivity contribution is 5.87. The lowest BCUT2D eigenvalue weighted by molar-refractivity contribution is -0.144. The third kappa shape index (κ3) is 4.95. The first-order valence-corrected chi connectivity index (χ1v) is 11.3. The van der Waals surface area contributed by atoms with Crippen molar-refractivity contribution in [2.24, 2.45) is 0 Å². The van der Waals surface area contributed by atoms with E-state index < -0.39 is 17.6 Å². The van der Waals surface area contributed by atoms with E-state index in [1.54, 1.807) is 54.5 Å². The van der Waals surface area contributed by atoms with Crippen molar-refractivity contribution in [2.45, 2.75) is 18.6 Å². The van der Waals surface area contributed by atoms with Crippen LogP contribution in [0, 0.1) is 0 Å². The number of nitrogens with zero attached hydrogens (tertiary/aromatic N) is 7. The Morgan fingerprint density at radius 1 is 1.16 bits per heavy atom. The lowest BCUT2D eigenvalue weighted by Gasteiger charge is -2.16. The molecule has 1 aliphatic heterocycles. The van der Waals surface area contributed by atoms with Crippen molar-refractivity contribution in [1.29, 1.82) is 0 Å². The van der Waals surface area contributed by atoms with Crippen LogP contribution in [0.25, 0.3) is 22.8 Å². The molecule has 0 bridgehead atoms. The summed E-state index contributed by atoms with van der Waals surface area (Å²) in [5, 5.41) is 33.1. The van der Waals surface area contributed by atoms with Gasteiger partial charge >= 0.3 is 6.09 Å². The fraction of sp³-hybridized carbons (Fsp3) is 0.261. The molecule has 1 unspecified atom stereocenters. The van der Waals surface area contributed by atoms with Crippen molar-refractivity contribution in [2.75, 3.05) is 25.5 Å². The van der Waals surface area contributed by atoms with Gasteiger partial charge in [0.25, 0.3) is 5.91 Å². The van der Waals surface area contributed by atoms with Crippen molar-refractivity contribution in [3.05, 3.63) is 54.6 Å². The Morgan fingerprint density at radius 3 is 2.70 bits per heavy atom. The second-order valence-corrected chi connectivity index (χ2v) is 8.41. The minimum Gasteiger partial charge on any atom is -0.465 e. The molecule has 0 spiro atoms. The molecular weight excluding hydrogens is 482 g/mol. The number of carboxylic acid groups (broad SMARTS) is 1. The van der Waals surface area contributed by atoms with E-state index in [9.17, 15) is 14.7 Å². The number of amides is 2. The molecule has 14 nitrogen and oxygen atoms in total. The van der Waals surface area contributed by atoms with Crippen molar-refractivity contribution in [1.82, 2.24) is 40.1 Å². The Bertz CT molecular complexity index is 1450. The molecule has 5 rings (SSSR count). The fourth-order valence-electron chi connectivity index (χ4n) is 3.90. The van der Waals surface area contributed by atoms with Gasteiger partial charge in [-0.2, -0.15) is 5.10 Å². The molecule has 4 N–H and O–H groups in total. The summed E-state index contributed by atoms with van der Waals surface area (Å²) < 4.78 is 6.92. The number of hydrogen-bond acceptors (Lipinski definition) is 10. The quantitative estimate of drug-likeness (QED) is 0.272. The normalized spacial score (nSPS) is 17.2. The van der Waals surface area contributed by atoms with Gasteiger partial charge in [-0.25, -0.2) is 19.7 Å². The monoisotopic (exact) mass is 505 g/mol. The van der Waals surface area contributed by atoms with Crippen LogP contribution in [0.4, 0.5) is 16.6 Å². The molecule has 1 saturated heterocycles. The molecule has 37 heavy (non-hydrogen) atoms. The first-order valence-electron chi connectivity index (χ1n) is 11.3. The third-order valence-corrected chi connectivity index (χ3v) is 5.85. The van der Waals surface area contributed by atoms with Gasteiger partial charge in [-0.15, -0.1) is 0 Å². The van der Waals surface area contributed by atoms with Gasteiger partial charge in [0.1, 0.15) is 5.69 Å². The average Bonchev–Trinajstić information content (AvgIpc) is 3.62. The van der Waals surface area contributed by atoms with E-state index in [0.29, 0.717) is 47.6 Å². The summed E-state index contributed by atoms with van der Waals surface area (Å²) >= 11 is 0. The second-order valence-electron chi connectivity index (χ2n) is 8.41. The zero-order valence-corrected chi connectivity index (χ0v) is 19.7. The van der Waals surface area contributed by atoms with Crippen LogP contribution in [-0.2, 0) is 16.9 Å². The second kappa shape index (κ2) is 9.66. The number of rotatable bonds is 8. The largest absolute Gasteiger partial charge is 0.465 e. The minimum atomic E-state index is -1.73. The summed E-state index contributed by atoms with van der Waals surface area (Å²) in [4.78, 5) is 37.7. The molecule has 0 radical (unpaired) electrons. The van der Waals surface area contributed by atoms with E-state index in [-0.39, 0.29) is 18.7 Å². The number of carbonyl (C=O) groups excluding carboxylic acids is 1. The van der Waals surface area contributed by atoms with E-state index in [0.717, 1.165) is 0 Å². The van der Waals surface area contributed by atoms with E-state index in [1.807, 2.05) is 0 Å². The number of nitrogens with one attached hydrogen (secondary N) is 2. The van der Waals surface area contributed by atoms with Crippen LogP contribution in [0.1, 0.15) is 12.2 Å². The Balaban J connectivity index is 1.32. The number of aliphatic hydroxyl groups is 1. The van der Waals surface area contributed by atoms with E-state index in [2.05, 4.69) is 35.8 Å². The molecule has 5 heterocycles. The summed E-state index contributed by atoms with van der Waals surface area (Å²) in [6.07, 6.45) is 2.42. The lowest BCUT2D eigenvalue weighted by Crippen LogP contribution is -2.35. The topological polar surface area (TPSA) is 184 Å². The van der Waals surface area contributed by atoms with Gasteiger partial charge in [-0.1, -0.05) is 11.2 Å². The van der Waals surface area contributed by atoms with Crippen LogP contribution in [0.5, 0.6) is 0 Å². The SMILES string of the molecule is CN1CCC(O)(c2cc(-c3cccc(-c4ccnc(Nc5ccn(CCNC(=O)O)n5)n4)n3)no2)C1=O. The van der Waals surface area contributed by atoms with Gasteiger partial charge in [0, 0.05) is 51.1 Å². The van der Waals surface area contributed by atoms with Gasteiger partial charge in [0.2, 0.25) is 11.5 Å². The zero-order valence-electron chi connectivity index (χ0n) is 19.7.